The van der Waals surface area contributed by atoms with E-state index in [0.29, 0.717) is 5.69 Å². The van der Waals surface area contributed by atoms with Crippen LogP contribution in [0.3, 0.4) is 0 Å². The maximum absolute atomic E-state index is 12.1. The first kappa shape index (κ1) is 15.7. The summed E-state index contributed by atoms with van der Waals surface area (Å²) in [5, 5.41) is 3.57. The molecule has 2 rings (SSSR count). The fraction of sp³-hybridized carbons (Fsp3) is 0.467. The van der Waals surface area contributed by atoms with Gasteiger partial charge in [-0.3, -0.25) is 4.79 Å². The topological polar surface area (TPSA) is 83.8 Å². The predicted octanol–water partition coefficient (Wildman–Crippen LogP) is 2.93. The number of aromatic amines is 1. The lowest BCUT2D eigenvalue weighted by Gasteiger charge is -2.15. The number of fused-ring (bicyclic) bond motifs is 1. The van der Waals surface area contributed by atoms with E-state index in [1.165, 1.54) is 11.8 Å². The summed E-state index contributed by atoms with van der Waals surface area (Å²) in [5.74, 6) is 0.0425. The van der Waals surface area contributed by atoms with Gasteiger partial charge in [0.05, 0.1) is 16.3 Å². The van der Waals surface area contributed by atoms with E-state index in [0.717, 1.165) is 29.0 Å². The smallest absolute Gasteiger partial charge is 0.233 e. The first-order valence-electron chi connectivity index (χ1n) is 7.22. The van der Waals surface area contributed by atoms with Crippen molar-refractivity contribution in [3.05, 3.63) is 18.2 Å². The number of anilines is 1. The maximum Gasteiger partial charge on any atom is 0.233 e. The van der Waals surface area contributed by atoms with E-state index in [9.17, 15) is 4.79 Å². The summed E-state index contributed by atoms with van der Waals surface area (Å²) in [6.07, 6.45) is 2.06. The van der Waals surface area contributed by atoms with Gasteiger partial charge in [-0.05, 0) is 38.5 Å². The summed E-state index contributed by atoms with van der Waals surface area (Å²) >= 11 is 1.42. The van der Waals surface area contributed by atoms with Crippen molar-refractivity contribution < 1.29 is 4.79 Å². The number of amides is 1. The summed E-state index contributed by atoms with van der Waals surface area (Å²) in [5.41, 5.74) is 8.20. The molecule has 0 fully saturated rings. The third-order valence-electron chi connectivity index (χ3n) is 3.25. The van der Waals surface area contributed by atoms with Gasteiger partial charge < -0.3 is 16.0 Å². The van der Waals surface area contributed by atoms with Crippen molar-refractivity contribution >= 4 is 34.4 Å². The molecule has 1 aromatic heterocycles. The van der Waals surface area contributed by atoms with Gasteiger partial charge in [0.25, 0.3) is 0 Å². The zero-order valence-electron chi connectivity index (χ0n) is 12.6. The molecule has 4 N–H and O–H groups in total. The standard InChI is InChI=1S/C15H22N4OS/c1-4-5-9(2)17-14(20)10(3)21-15-18-12-7-6-11(16)8-13(12)19-15/h6-10H,4-5,16H2,1-3H3,(H,17,20)(H,18,19). The van der Waals surface area contributed by atoms with Gasteiger partial charge in [0.15, 0.2) is 5.16 Å². The maximum atomic E-state index is 12.1. The molecule has 0 radical (unpaired) electrons. The molecule has 6 heteroatoms. The molecular formula is C15H22N4OS. The second kappa shape index (κ2) is 6.85. The summed E-state index contributed by atoms with van der Waals surface area (Å²) in [6.45, 7) is 6.03. The Balaban J connectivity index is 2.00. The van der Waals surface area contributed by atoms with Crippen LogP contribution in [0.5, 0.6) is 0 Å². The number of aromatic nitrogens is 2. The molecule has 21 heavy (non-hydrogen) atoms. The Hall–Kier alpha value is -1.69. The zero-order valence-corrected chi connectivity index (χ0v) is 13.5. The third-order valence-corrected chi connectivity index (χ3v) is 4.24. The number of benzene rings is 1. The number of nitrogens with one attached hydrogen (secondary N) is 2. The quantitative estimate of drug-likeness (QED) is 0.566. The molecule has 114 valence electrons. The SMILES string of the molecule is CCCC(C)NC(=O)C(C)Sc1nc2ccc(N)cc2[nH]1. The van der Waals surface area contributed by atoms with Gasteiger partial charge in [0.1, 0.15) is 0 Å². The number of thioether (sulfide) groups is 1. The number of carbonyl (C=O) groups excluding carboxylic acids is 1. The van der Waals surface area contributed by atoms with Crippen LogP contribution in [-0.2, 0) is 4.79 Å². The average molecular weight is 306 g/mol. The number of imidazole rings is 1. The molecule has 0 saturated heterocycles. The summed E-state index contributed by atoms with van der Waals surface area (Å²) in [6, 6.07) is 5.75. The lowest BCUT2D eigenvalue weighted by Crippen LogP contribution is -2.37. The Bertz CT molecular complexity index is 625. The molecule has 0 spiro atoms. The molecule has 0 saturated carbocycles. The second-order valence-electron chi connectivity index (χ2n) is 5.28. The van der Waals surface area contributed by atoms with Gasteiger partial charge in [-0.1, -0.05) is 25.1 Å². The molecule has 2 unspecified atom stereocenters. The molecule has 2 aromatic rings. The first-order chi connectivity index (χ1) is 9.99. The number of carbonyl (C=O) groups is 1. The lowest BCUT2D eigenvalue weighted by molar-refractivity contribution is -0.120. The predicted molar refractivity (Wildman–Crippen MR) is 88.3 cm³/mol. The number of hydrogen-bond donors (Lipinski definition) is 3. The van der Waals surface area contributed by atoms with Crippen molar-refractivity contribution in [1.29, 1.82) is 0 Å². The third kappa shape index (κ3) is 4.14. The van der Waals surface area contributed by atoms with Crippen molar-refractivity contribution in [2.75, 3.05) is 5.73 Å². The van der Waals surface area contributed by atoms with Gasteiger partial charge in [0, 0.05) is 11.7 Å². The Morgan fingerprint density at radius 3 is 2.95 bits per heavy atom. The van der Waals surface area contributed by atoms with E-state index in [4.69, 9.17) is 5.73 Å². The van der Waals surface area contributed by atoms with E-state index in [2.05, 4.69) is 22.2 Å². The van der Waals surface area contributed by atoms with E-state index in [-0.39, 0.29) is 17.2 Å². The first-order valence-corrected chi connectivity index (χ1v) is 8.09. The summed E-state index contributed by atoms with van der Waals surface area (Å²) < 4.78 is 0. The fourth-order valence-corrected chi connectivity index (χ4v) is 2.98. The number of H-pyrrole nitrogens is 1. The number of nitrogens with two attached hydrogens (primary N) is 1. The minimum absolute atomic E-state index is 0.0425. The minimum atomic E-state index is -0.192. The van der Waals surface area contributed by atoms with Crippen LogP contribution in [0.2, 0.25) is 0 Å². The van der Waals surface area contributed by atoms with Crippen molar-refractivity contribution in [2.24, 2.45) is 0 Å². The normalized spacial score (nSPS) is 14.0. The monoisotopic (exact) mass is 306 g/mol. The number of nitrogen functional groups attached to an aromatic ring is 1. The molecule has 1 aromatic carbocycles. The molecule has 1 heterocycles. The van der Waals surface area contributed by atoms with Crippen molar-refractivity contribution in [3.63, 3.8) is 0 Å². The number of nitrogens with zero attached hydrogens (tertiary/aromatic N) is 1. The highest BCUT2D eigenvalue weighted by Crippen LogP contribution is 2.24. The molecule has 5 nitrogen and oxygen atoms in total. The van der Waals surface area contributed by atoms with Crippen LogP contribution in [-0.4, -0.2) is 27.2 Å². The molecule has 1 amide bonds. The van der Waals surface area contributed by atoms with Gasteiger partial charge >= 0.3 is 0 Å². The van der Waals surface area contributed by atoms with Gasteiger partial charge in [-0.15, -0.1) is 0 Å². The van der Waals surface area contributed by atoms with Crippen LogP contribution in [0.25, 0.3) is 11.0 Å². The summed E-state index contributed by atoms with van der Waals surface area (Å²) in [4.78, 5) is 19.8. The average Bonchev–Trinajstić information content (AvgIpc) is 2.80. The van der Waals surface area contributed by atoms with E-state index in [1.807, 2.05) is 32.0 Å². The molecule has 0 bridgehead atoms. The molecule has 2 atom stereocenters. The van der Waals surface area contributed by atoms with Crippen LogP contribution in [0.1, 0.15) is 33.6 Å². The highest BCUT2D eigenvalue weighted by Gasteiger charge is 2.18. The zero-order chi connectivity index (χ0) is 15.4. The second-order valence-corrected chi connectivity index (χ2v) is 6.61. The van der Waals surface area contributed by atoms with Gasteiger partial charge in [-0.25, -0.2) is 4.98 Å². The van der Waals surface area contributed by atoms with Crippen LogP contribution < -0.4 is 11.1 Å². The highest BCUT2D eigenvalue weighted by atomic mass is 32.2. The Morgan fingerprint density at radius 1 is 1.48 bits per heavy atom. The fourth-order valence-electron chi connectivity index (χ4n) is 2.15. The van der Waals surface area contributed by atoms with E-state index < -0.39 is 0 Å². The van der Waals surface area contributed by atoms with E-state index >= 15 is 0 Å². The lowest BCUT2D eigenvalue weighted by atomic mass is 10.2. The molecular weight excluding hydrogens is 284 g/mol. The van der Waals surface area contributed by atoms with Crippen molar-refractivity contribution in [1.82, 2.24) is 15.3 Å². The largest absolute Gasteiger partial charge is 0.399 e. The molecule has 0 aliphatic heterocycles. The van der Waals surface area contributed by atoms with Gasteiger partial charge in [0.2, 0.25) is 5.91 Å². The molecule has 0 aliphatic carbocycles. The van der Waals surface area contributed by atoms with Crippen molar-refractivity contribution in [3.8, 4) is 0 Å². The van der Waals surface area contributed by atoms with Crippen LogP contribution in [0.4, 0.5) is 5.69 Å². The van der Waals surface area contributed by atoms with Crippen LogP contribution in [0.15, 0.2) is 23.4 Å². The number of hydrogen-bond acceptors (Lipinski definition) is 4. The van der Waals surface area contributed by atoms with Gasteiger partial charge in [-0.2, -0.15) is 0 Å². The number of rotatable bonds is 6. The highest BCUT2D eigenvalue weighted by molar-refractivity contribution is 8.00. The van der Waals surface area contributed by atoms with Crippen LogP contribution >= 0.6 is 11.8 Å². The Labute approximate surface area is 129 Å². The summed E-state index contributed by atoms with van der Waals surface area (Å²) in [7, 11) is 0. The Kier molecular flexibility index (Phi) is 5.12. The van der Waals surface area contributed by atoms with Crippen molar-refractivity contribution in [2.45, 2.75) is 50.1 Å². The van der Waals surface area contributed by atoms with E-state index in [1.54, 1.807) is 0 Å². The Morgan fingerprint density at radius 2 is 2.24 bits per heavy atom. The minimum Gasteiger partial charge on any atom is -0.399 e. The van der Waals surface area contributed by atoms with Crippen LogP contribution in [0, 0.1) is 0 Å². The molecule has 0 aliphatic rings.